The van der Waals surface area contributed by atoms with E-state index in [2.05, 4.69) is 17.1 Å². The molecule has 3 aromatic carbocycles. The van der Waals surface area contributed by atoms with Crippen molar-refractivity contribution in [2.75, 3.05) is 13.7 Å². The highest BCUT2D eigenvalue weighted by Gasteiger charge is 2.10. The molecule has 0 aliphatic rings. The van der Waals surface area contributed by atoms with E-state index in [1.165, 1.54) is 7.11 Å². The van der Waals surface area contributed by atoms with Gasteiger partial charge in [-0.25, -0.2) is 5.43 Å². The maximum atomic E-state index is 12.4. The molecular weight excluding hydrogens is 428 g/mol. The van der Waals surface area contributed by atoms with Gasteiger partial charge in [0.2, 0.25) is 0 Å². The van der Waals surface area contributed by atoms with E-state index in [0.717, 1.165) is 11.1 Å². The van der Waals surface area contributed by atoms with Crippen LogP contribution in [0.1, 0.15) is 21.5 Å². The molecule has 0 radical (unpaired) electrons. The zero-order chi connectivity index (χ0) is 22.8. The quantitative estimate of drug-likeness (QED) is 0.260. The Kier molecular flexibility index (Phi) is 8.29. The minimum Gasteiger partial charge on any atom is -0.493 e. The molecule has 7 heteroatoms. The molecule has 0 bridgehead atoms. The standard InChI is InChI=1S/C25H23ClN2O4/c1-3-14-31-23-13-10-19(15-24(23)30-2)25(29)28-27-16-18-8-11-21(12-9-18)32-17-20-6-4-5-7-22(20)26/h3-13,15-16H,1,14,17H2,2H3,(H,28,29)/b27-16+. The average Bonchev–Trinajstić information content (AvgIpc) is 2.83. The molecule has 164 valence electrons. The molecule has 0 aromatic heterocycles. The predicted molar refractivity (Wildman–Crippen MR) is 126 cm³/mol. The van der Waals surface area contributed by atoms with Gasteiger partial charge >= 0.3 is 0 Å². The van der Waals surface area contributed by atoms with Gasteiger partial charge in [-0.3, -0.25) is 4.79 Å². The van der Waals surface area contributed by atoms with E-state index < -0.39 is 0 Å². The fourth-order valence-electron chi connectivity index (χ4n) is 2.73. The lowest BCUT2D eigenvalue weighted by atomic mass is 10.2. The minimum absolute atomic E-state index is 0.343. The minimum atomic E-state index is -0.366. The highest BCUT2D eigenvalue weighted by molar-refractivity contribution is 6.31. The molecule has 1 N–H and O–H groups in total. The fourth-order valence-corrected chi connectivity index (χ4v) is 2.92. The fraction of sp³-hybridized carbons (Fsp3) is 0.120. The predicted octanol–water partition coefficient (Wildman–Crippen LogP) is 5.26. The number of hydrogen-bond donors (Lipinski definition) is 1. The Morgan fingerprint density at radius 2 is 1.84 bits per heavy atom. The first-order valence-corrected chi connectivity index (χ1v) is 10.2. The number of nitrogens with one attached hydrogen (secondary N) is 1. The van der Waals surface area contributed by atoms with Crippen LogP contribution in [0.15, 0.2) is 84.5 Å². The van der Waals surface area contributed by atoms with Crippen LogP contribution in [0.3, 0.4) is 0 Å². The van der Waals surface area contributed by atoms with Crippen molar-refractivity contribution in [2.45, 2.75) is 6.61 Å². The molecule has 0 saturated heterocycles. The lowest BCUT2D eigenvalue weighted by Gasteiger charge is -2.10. The number of ether oxygens (including phenoxy) is 3. The van der Waals surface area contributed by atoms with Gasteiger partial charge in [0.05, 0.1) is 13.3 Å². The Hall–Kier alpha value is -3.77. The summed E-state index contributed by atoms with van der Waals surface area (Å²) in [6.07, 6.45) is 3.18. The zero-order valence-electron chi connectivity index (χ0n) is 17.6. The first kappa shape index (κ1) is 22.9. The van der Waals surface area contributed by atoms with Gasteiger partial charge in [0.15, 0.2) is 11.5 Å². The third-order valence-corrected chi connectivity index (χ3v) is 4.76. The zero-order valence-corrected chi connectivity index (χ0v) is 18.3. The first-order chi connectivity index (χ1) is 15.6. The van der Waals surface area contributed by atoms with Gasteiger partial charge in [-0.05, 0) is 54.1 Å². The number of amides is 1. The number of halogens is 1. The molecule has 0 fully saturated rings. The second-order valence-electron chi connectivity index (χ2n) is 6.61. The number of nitrogens with zero attached hydrogens (tertiary/aromatic N) is 1. The number of hydrazone groups is 1. The van der Waals surface area contributed by atoms with Crippen molar-refractivity contribution in [3.63, 3.8) is 0 Å². The van der Waals surface area contributed by atoms with Crippen LogP contribution >= 0.6 is 11.6 Å². The molecule has 0 saturated carbocycles. The summed E-state index contributed by atoms with van der Waals surface area (Å²) in [6, 6.07) is 19.8. The average molecular weight is 451 g/mol. The number of carbonyl (C=O) groups is 1. The summed E-state index contributed by atoms with van der Waals surface area (Å²) in [4.78, 5) is 12.4. The van der Waals surface area contributed by atoms with Crippen LogP contribution in [0.5, 0.6) is 17.2 Å². The van der Waals surface area contributed by atoms with Crippen molar-refractivity contribution in [2.24, 2.45) is 5.10 Å². The van der Waals surface area contributed by atoms with Crippen LogP contribution in [0.4, 0.5) is 0 Å². The van der Waals surface area contributed by atoms with Gasteiger partial charge < -0.3 is 14.2 Å². The molecule has 3 aromatic rings. The molecule has 0 aliphatic heterocycles. The maximum absolute atomic E-state index is 12.4. The number of methoxy groups -OCH3 is 1. The highest BCUT2D eigenvalue weighted by Crippen LogP contribution is 2.28. The summed E-state index contributed by atoms with van der Waals surface area (Å²) in [6.45, 7) is 4.33. The number of rotatable bonds is 10. The summed E-state index contributed by atoms with van der Waals surface area (Å²) in [5.74, 6) is 1.33. The lowest BCUT2D eigenvalue weighted by molar-refractivity contribution is 0.0954. The molecular formula is C25H23ClN2O4. The third kappa shape index (κ3) is 6.36. The lowest BCUT2D eigenvalue weighted by Crippen LogP contribution is -2.17. The Morgan fingerprint density at radius 1 is 1.06 bits per heavy atom. The van der Waals surface area contributed by atoms with Gasteiger partial charge in [0.1, 0.15) is 19.0 Å². The molecule has 0 spiro atoms. The van der Waals surface area contributed by atoms with Gasteiger partial charge in [-0.15, -0.1) is 0 Å². The molecule has 0 unspecified atom stereocenters. The van der Waals surface area contributed by atoms with Crippen LogP contribution in [-0.2, 0) is 6.61 Å². The van der Waals surface area contributed by atoms with Crippen molar-refractivity contribution >= 4 is 23.7 Å². The molecule has 1 amide bonds. The Bertz CT molecular complexity index is 1100. The normalized spacial score (nSPS) is 10.6. The summed E-state index contributed by atoms with van der Waals surface area (Å²) in [7, 11) is 1.51. The van der Waals surface area contributed by atoms with E-state index in [-0.39, 0.29) is 5.91 Å². The third-order valence-electron chi connectivity index (χ3n) is 4.39. The Morgan fingerprint density at radius 3 is 2.56 bits per heavy atom. The molecule has 3 rings (SSSR count). The SMILES string of the molecule is C=CCOc1ccc(C(=O)N/N=C/c2ccc(OCc3ccccc3Cl)cc2)cc1OC. The van der Waals surface area contributed by atoms with Crippen LogP contribution in [0.2, 0.25) is 5.02 Å². The second kappa shape index (κ2) is 11.6. The van der Waals surface area contributed by atoms with Crippen molar-refractivity contribution in [1.82, 2.24) is 5.43 Å². The van der Waals surface area contributed by atoms with Gasteiger partial charge in [0, 0.05) is 16.1 Å². The molecule has 0 heterocycles. The van der Waals surface area contributed by atoms with Crippen LogP contribution < -0.4 is 19.6 Å². The van der Waals surface area contributed by atoms with Crippen molar-refractivity contribution in [3.05, 3.63) is 101 Å². The summed E-state index contributed by atoms with van der Waals surface area (Å²) < 4.78 is 16.5. The van der Waals surface area contributed by atoms with Crippen molar-refractivity contribution in [1.29, 1.82) is 0 Å². The summed E-state index contributed by atoms with van der Waals surface area (Å²) >= 11 is 6.14. The summed E-state index contributed by atoms with van der Waals surface area (Å²) in [5, 5.41) is 4.68. The Balaban J connectivity index is 1.54. The van der Waals surface area contributed by atoms with E-state index in [1.54, 1.807) is 30.5 Å². The van der Waals surface area contributed by atoms with Crippen LogP contribution in [-0.4, -0.2) is 25.8 Å². The van der Waals surface area contributed by atoms with Gasteiger partial charge in [0.25, 0.3) is 5.91 Å². The Labute approximate surface area is 192 Å². The van der Waals surface area contributed by atoms with E-state index in [1.807, 2.05) is 48.5 Å². The first-order valence-electron chi connectivity index (χ1n) is 9.82. The van der Waals surface area contributed by atoms with Gasteiger partial charge in [-0.2, -0.15) is 5.10 Å². The largest absolute Gasteiger partial charge is 0.493 e. The topological polar surface area (TPSA) is 69.2 Å². The van der Waals surface area contributed by atoms with Crippen molar-refractivity contribution < 1.29 is 19.0 Å². The van der Waals surface area contributed by atoms with Crippen molar-refractivity contribution in [3.8, 4) is 17.2 Å². The van der Waals surface area contributed by atoms with Gasteiger partial charge in [-0.1, -0.05) is 42.5 Å². The molecule has 6 nitrogen and oxygen atoms in total. The number of benzene rings is 3. The van der Waals surface area contributed by atoms with E-state index in [0.29, 0.717) is 41.0 Å². The van der Waals surface area contributed by atoms with E-state index in [9.17, 15) is 4.79 Å². The van der Waals surface area contributed by atoms with E-state index >= 15 is 0 Å². The highest BCUT2D eigenvalue weighted by atomic mass is 35.5. The maximum Gasteiger partial charge on any atom is 0.271 e. The molecule has 0 aliphatic carbocycles. The number of carbonyl (C=O) groups excluding carboxylic acids is 1. The van der Waals surface area contributed by atoms with E-state index in [4.69, 9.17) is 25.8 Å². The number of hydrogen-bond acceptors (Lipinski definition) is 5. The van der Waals surface area contributed by atoms with Crippen LogP contribution in [0.25, 0.3) is 0 Å². The summed E-state index contributed by atoms with van der Waals surface area (Å²) in [5.41, 5.74) is 4.62. The smallest absolute Gasteiger partial charge is 0.271 e. The second-order valence-corrected chi connectivity index (χ2v) is 7.02. The molecule has 32 heavy (non-hydrogen) atoms. The molecule has 0 atom stereocenters. The van der Waals surface area contributed by atoms with Crippen LogP contribution in [0, 0.1) is 0 Å². The monoisotopic (exact) mass is 450 g/mol.